The molecule has 2 aliphatic carbocycles. The van der Waals surface area contributed by atoms with Crippen molar-refractivity contribution >= 4 is 12.0 Å². The Morgan fingerprint density at radius 2 is 1.86 bits per heavy atom. The van der Waals surface area contributed by atoms with Gasteiger partial charge < -0.3 is 15.7 Å². The number of carboxylic acid groups (broad SMARTS) is 1. The van der Waals surface area contributed by atoms with Crippen LogP contribution in [-0.4, -0.2) is 29.7 Å². The Hall–Kier alpha value is -1.26. The third kappa shape index (κ3) is 5.21. The molecule has 5 nitrogen and oxygen atoms in total. The summed E-state index contributed by atoms with van der Waals surface area (Å²) < 4.78 is 0. The predicted octanol–water partition coefficient (Wildman–Crippen LogP) is 2.76. The monoisotopic (exact) mass is 296 g/mol. The number of hydrogen-bond donors (Lipinski definition) is 3. The number of carboxylic acids is 1. The number of aliphatic carboxylic acids is 1. The van der Waals surface area contributed by atoms with Gasteiger partial charge in [-0.2, -0.15) is 0 Å². The first-order valence-electron chi connectivity index (χ1n) is 8.31. The first-order chi connectivity index (χ1) is 10.0. The summed E-state index contributed by atoms with van der Waals surface area (Å²) in [5.74, 6) is 0.322. The number of carbonyl (C=O) groups is 2. The van der Waals surface area contributed by atoms with Gasteiger partial charge >= 0.3 is 12.0 Å². The van der Waals surface area contributed by atoms with E-state index >= 15 is 0 Å². The highest BCUT2D eigenvalue weighted by atomic mass is 16.4. The molecule has 0 saturated heterocycles. The molecule has 2 fully saturated rings. The summed E-state index contributed by atoms with van der Waals surface area (Å²) in [7, 11) is 0. The van der Waals surface area contributed by atoms with Gasteiger partial charge in [0.25, 0.3) is 0 Å². The molecule has 2 rings (SSSR count). The minimum absolute atomic E-state index is 0.00475. The SMILES string of the molecule is CC1CCCC(CNC(=O)NC2CCCC(C(=O)O)C2)C1. The molecule has 4 atom stereocenters. The van der Waals surface area contributed by atoms with Crippen LogP contribution in [0.5, 0.6) is 0 Å². The van der Waals surface area contributed by atoms with Crippen LogP contribution in [0.1, 0.15) is 58.3 Å². The molecule has 3 N–H and O–H groups in total. The van der Waals surface area contributed by atoms with Crippen LogP contribution in [0.4, 0.5) is 4.79 Å². The smallest absolute Gasteiger partial charge is 0.315 e. The van der Waals surface area contributed by atoms with Gasteiger partial charge in [-0.15, -0.1) is 0 Å². The summed E-state index contributed by atoms with van der Waals surface area (Å²) in [6.07, 6.45) is 8.03. The highest BCUT2D eigenvalue weighted by Crippen LogP contribution is 2.28. The third-order valence-corrected chi connectivity index (χ3v) is 4.95. The Labute approximate surface area is 126 Å². The number of rotatable bonds is 4. The van der Waals surface area contributed by atoms with Gasteiger partial charge in [0.05, 0.1) is 5.92 Å². The summed E-state index contributed by atoms with van der Waals surface area (Å²) in [6, 6.07) is -0.130. The van der Waals surface area contributed by atoms with Crippen molar-refractivity contribution in [1.29, 1.82) is 0 Å². The molecular formula is C16H28N2O3. The molecule has 0 aromatic rings. The van der Waals surface area contributed by atoms with Gasteiger partial charge in [-0.25, -0.2) is 4.79 Å². The maximum Gasteiger partial charge on any atom is 0.315 e. The summed E-state index contributed by atoms with van der Waals surface area (Å²) in [4.78, 5) is 23.0. The molecule has 4 unspecified atom stereocenters. The van der Waals surface area contributed by atoms with Crippen LogP contribution in [0.2, 0.25) is 0 Å². The molecule has 2 amide bonds. The van der Waals surface area contributed by atoms with E-state index in [9.17, 15) is 9.59 Å². The van der Waals surface area contributed by atoms with Crippen LogP contribution in [0.15, 0.2) is 0 Å². The molecule has 0 aliphatic heterocycles. The first-order valence-corrected chi connectivity index (χ1v) is 8.31. The Kier molecular flexibility index (Phi) is 5.88. The van der Waals surface area contributed by atoms with Gasteiger partial charge in [-0.1, -0.05) is 26.2 Å². The van der Waals surface area contributed by atoms with Crippen LogP contribution in [0.25, 0.3) is 0 Å². The topological polar surface area (TPSA) is 78.4 Å². The van der Waals surface area contributed by atoms with Crippen molar-refractivity contribution in [3.05, 3.63) is 0 Å². The van der Waals surface area contributed by atoms with Crippen molar-refractivity contribution in [3.8, 4) is 0 Å². The van der Waals surface area contributed by atoms with E-state index in [0.29, 0.717) is 12.3 Å². The highest BCUT2D eigenvalue weighted by Gasteiger charge is 2.28. The fraction of sp³-hybridized carbons (Fsp3) is 0.875. The van der Waals surface area contributed by atoms with E-state index < -0.39 is 5.97 Å². The largest absolute Gasteiger partial charge is 0.481 e. The molecule has 0 aromatic carbocycles. The zero-order valence-electron chi connectivity index (χ0n) is 12.9. The lowest BCUT2D eigenvalue weighted by atomic mass is 9.82. The van der Waals surface area contributed by atoms with Gasteiger partial charge in [-0.3, -0.25) is 4.79 Å². The second-order valence-electron chi connectivity index (χ2n) is 6.89. The van der Waals surface area contributed by atoms with Crippen LogP contribution >= 0.6 is 0 Å². The molecule has 120 valence electrons. The van der Waals surface area contributed by atoms with Crippen LogP contribution in [0.3, 0.4) is 0 Å². The number of amides is 2. The first kappa shape index (κ1) is 16.1. The number of urea groups is 1. The van der Waals surface area contributed by atoms with Crippen molar-refractivity contribution in [2.45, 2.75) is 64.3 Å². The molecule has 0 heterocycles. The second-order valence-corrected chi connectivity index (χ2v) is 6.89. The van der Waals surface area contributed by atoms with E-state index in [1.54, 1.807) is 0 Å². The normalized spacial score (nSPS) is 33.2. The lowest BCUT2D eigenvalue weighted by molar-refractivity contribution is -0.143. The van der Waals surface area contributed by atoms with Crippen molar-refractivity contribution < 1.29 is 14.7 Å². The van der Waals surface area contributed by atoms with E-state index in [-0.39, 0.29) is 18.0 Å². The Bertz CT molecular complexity index is 373. The van der Waals surface area contributed by atoms with Gasteiger partial charge in [0.15, 0.2) is 0 Å². The summed E-state index contributed by atoms with van der Waals surface area (Å²) in [5.41, 5.74) is 0. The number of nitrogens with one attached hydrogen (secondary N) is 2. The van der Waals surface area contributed by atoms with E-state index in [0.717, 1.165) is 31.7 Å². The predicted molar refractivity (Wildman–Crippen MR) is 81.0 cm³/mol. The summed E-state index contributed by atoms with van der Waals surface area (Å²) in [5, 5.41) is 15.0. The average Bonchev–Trinajstić information content (AvgIpc) is 2.45. The molecule has 21 heavy (non-hydrogen) atoms. The van der Waals surface area contributed by atoms with Crippen molar-refractivity contribution in [3.63, 3.8) is 0 Å². The summed E-state index contributed by atoms with van der Waals surface area (Å²) in [6.45, 7) is 3.02. The molecular weight excluding hydrogens is 268 g/mol. The third-order valence-electron chi connectivity index (χ3n) is 4.95. The van der Waals surface area contributed by atoms with Gasteiger partial charge in [0.2, 0.25) is 0 Å². The van der Waals surface area contributed by atoms with Gasteiger partial charge in [0.1, 0.15) is 0 Å². The summed E-state index contributed by atoms with van der Waals surface area (Å²) >= 11 is 0. The average molecular weight is 296 g/mol. The van der Waals surface area contributed by atoms with Crippen molar-refractivity contribution in [1.82, 2.24) is 10.6 Å². The van der Waals surface area contributed by atoms with Crippen molar-refractivity contribution in [2.24, 2.45) is 17.8 Å². The van der Waals surface area contributed by atoms with E-state index in [1.807, 2.05) is 0 Å². The standard InChI is InChI=1S/C16H28N2O3/c1-11-4-2-5-12(8-11)10-17-16(21)18-14-7-3-6-13(9-14)15(19)20/h11-14H,2-10H2,1H3,(H,19,20)(H2,17,18,21). The van der Waals surface area contributed by atoms with Gasteiger partial charge in [0, 0.05) is 12.6 Å². The quantitative estimate of drug-likeness (QED) is 0.746. The van der Waals surface area contributed by atoms with Crippen LogP contribution < -0.4 is 10.6 Å². The van der Waals surface area contributed by atoms with Gasteiger partial charge in [-0.05, 0) is 43.9 Å². The Morgan fingerprint density at radius 3 is 2.57 bits per heavy atom. The fourth-order valence-corrected chi connectivity index (χ4v) is 3.76. The maximum absolute atomic E-state index is 11.9. The maximum atomic E-state index is 11.9. The molecule has 5 heteroatoms. The number of carbonyl (C=O) groups excluding carboxylic acids is 1. The minimum Gasteiger partial charge on any atom is -0.481 e. The van der Waals surface area contributed by atoms with Crippen molar-refractivity contribution in [2.75, 3.05) is 6.54 Å². The van der Waals surface area contributed by atoms with Crippen LogP contribution in [-0.2, 0) is 4.79 Å². The highest BCUT2D eigenvalue weighted by molar-refractivity contribution is 5.74. The van der Waals surface area contributed by atoms with Crippen LogP contribution in [0, 0.1) is 17.8 Å². The fourth-order valence-electron chi connectivity index (χ4n) is 3.76. The zero-order chi connectivity index (χ0) is 15.2. The molecule has 0 spiro atoms. The molecule has 0 bridgehead atoms. The Morgan fingerprint density at radius 1 is 1.10 bits per heavy atom. The minimum atomic E-state index is -0.738. The second kappa shape index (κ2) is 7.66. The van der Waals surface area contributed by atoms with E-state index in [1.165, 1.54) is 25.7 Å². The molecule has 0 radical (unpaired) electrons. The lowest BCUT2D eigenvalue weighted by Gasteiger charge is -2.29. The lowest BCUT2D eigenvalue weighted by Crippen LogP contribution is -2.46. The molecule has 2 aliphatic rings. The van der Waals surface area contributed by atoms with E-state index in [4.69, 9.17) is 5.11 Å². The number of hydrogen-bond acceptors (Lipinski definition) is 2. The zero-order valence-corrected chi connectivity index (χ0v) is 12.9. The molecule has 2 saturated carbocycles. The van der Waals surface area contributed by atoms with E-state index in [2.05, 4.69) is 17.6 Å². The Balaban J connectivity index is 1.68. The molecule has 0 aromatic heterocycles.